The molecule has 0 aromatic rings. The Labute approximate surface area is 126 Å². The van der Waals surface area contributed by atoms with Crippen molar-refractivity contribution in [3.63, 3.8) is 0 Å². The number of hydrogen-bond acceptors (Lipinski definition) is 3. The number of carbonyl (C=O) groups excluding carboxylic acids is 1. The van der Waals surface area contributed by atoms with Crippen LogP contribution in [0.3, 0.4) is 0 Å². The zero-order chi connectivity index (χ0) is 15.3. The van der Waals surface area contributed by atoms with Crippen LogP contribution < -0.4 is 0 Å². The number of esters is 1. The van der Waals surface area contributed by atoms with E-state index in [1.54, 1.807) is 0 Å². The van der Waals surface area contributed by atoms with Gasteiger partial charge >= 0.3 is 5.97 Å². The van der Waals surface area contributed by atoms with E-state index in [1.807, 2.05) is 34.6 Å². The summed E-state index contributed by atoms with van der Waals surface area (Å²) in [7, 11) is 0. The molecule has 0 fully saturated rings. The molecule has 0 aliphatic heterocycles. The molecule has 0 aliphatic carbocycles. The molecule has 0 aliphatic rings. The van der Waals surface area contributed by atoms with Crippen LogP contribution in [0.2, 0.25) is 0 Å². The zero-order valence-corrected chi connectivity index (χ0v) is 15.0. The first kappa shape index (κ1) is 18.9. The molecule has 0 N–H and O–H groups in total. The smallest absolute Gasteiger partial charge is 0.306 e. The average molecular weight is 337 g/mol. The minimum absolute atomic E-state index is 0.0915. The van der Waals surface area contributed by atoms with Crippen LogP contribution in [0.4, 0.5) is 0 Å². The maximum absolute atomic E-state index is 11.7. The molecule has 0 amide bonds. The van der Waals surface area contributed by atoms with Crippen LogP contribution in [-0.4, -0.2) is 28.1 Å². The molecule has 4 heteroatoms. The molecule has 0 radical (unpaired) electrons. The Morgan fingerprint density at radius 3 is 1.95 bits per heavy atom. The van der Waals surface area contributed by atoms with Crippen molar-refractivity contribution in [2.24, 2.45) is 0 Å². The van der Waals surface area contributed by atoms with Gasteiger partial charge in [-0.25, -0.2) is 0 Å². The lowest BCUT2D eigenvalue weighted by Gasteiger charge is -2.27. The Balaban J connectivity index is 4.00. The Hall–Kier alpha value is -0.0900. The lowest BCUT2D eigenvalue weighted by Crippen LogP contribution is -2.30. The lowest BCUT2D eigenvalue weighted by molar-refractivity contribution is -0.156. The Morgan fingerprint density at radius 2 is 1.53 bits per heavy atom. The SMILES string of the molecule is CC(C)(Br)CCOC(C)(C)CCC(=O)OC(C)(C)C. The molecule has 0 rings (SSSR count). The number of halogens is 1. The molecule has 114 valence electrons. The van der Waals surface area contributed by atoms with Crippen molar-refractivity contribution < 1.29 is 14.3 Å². The molecule has 0 aromatic heterocycles. The van der Waals surface area contributed by atoms with E-state index in [0.29, 0.717) is 19.4 Å². The van der Waals surface area contributed by atoms with Gasteiger partial charge in [0.2, 0.25) is 0 Å². The Morgan fingerprint density at radius 1 is 1.00 bits per heavy atom. The highest BCUT2D eigenvalue weighted by Crippen LogP contribution is 2.24. The van der Waals surface area contributed by atoms with Gasteiger partial charge in [0.1, 0.15) is 5.60 Å². The molecule has 0 atom stereocenters. The van der Waals surface area contributed by atoms with E-state index >= 15 is 0 Å². The second-order valence-electron chi connectivity index (χ2n) is 7.16. The third-order valence-corrected chi connectivity index (χ3v) is 2.94. The summed E-state index contributed by atoms with van der Waals surface area (Å²) in [5.74, 6) is -0.162. The van der Waals surface area contributed by atoms with Crippen molar-refractivity contribution in [1.29, 1.82) is 0 Å². The second kappa shape index (κ2) is 7.07. The van der Waals surface area contributed by atoms with E-state index in [4.69, 9.17) is 9.47 Å². The van der Waals surface area contributed by atoms with Crippen molar-refractivity contribution in [2.45, 2.75) is 83.3 Å². The molecule has 0 saturated heterocycles. The van der Waals surface area contributed by atoms with Crippen LogP contribution in [-0.2, 0) is 14.3 Å². The van der Waals surface area contributed by atoms with Gasteiger partial charge in [-0.3, -0.25) is 4.79 Å². The fourth-order valence-electron chi connectivity index (χ4n) is 1.44. The first-order valence-corrected chi connectivity index (χ1v) is 7.65. The molecule has 3 nitrogen and oxygen atoms in total. The van der Waals surface area contributed by atoms with Crippen LogP contribution >= 0.6 is 15.9 Å². The standard InChI is InChI=1S/C15H29BrO3/c1-13(2,3)19-12(17)8-9-15(6,7)18-11-10-14(4,5)16/h8-11H2,1-7H3. The number of ether oxygens (including phenoxy) is 2. The number of hydrogen-bond donors (Lipinski definition) is 0. The van der Waals surface area contributed by atoms with E-state index in [2.05, 4.69) is 29.8 Å². The molecule has 0 unspecified atom stereocenters. The number of alkyl halides is 1. The average Bonchev–Trinajstić information content (AvgIpc) is 2.09. The lowest BCUT2D eigenvalue weighted by atomic mass is 10.0. The first-order valence-electron chi connectivity index (χ1n) is 6.85. The minimum atomic E-state index is -0.415. The summed E-state index contributed by atoms with van der Waals surface area (Å²) >= 11 is 3.59. The van der Waals surface area contributed by atoms with Gasteiger partial charge in [0, 0.05) is 17.4 Å². The van der Waals surface area contributed by atoms with Crippen molar-refractivity contribution in [2.75, 3.05) is 6.61 Å². The molecular formula is C15H29BrO3. The van der Waals surface area contributed by atoms with E-state index in [9.17, 15) is 4.79 Å². The van der Waals surface area contributed by atoms with Crippen LogP contribution in [0, 0.1) is 0 Å². The maximum Gasteiger partial charge on any atom is 0.306 e. The van der Waals surface area contributed by atoms with Gasteiger partial charge in [0.05, 0.1) is 5.60 Å². The van der Waals surface area contributed by atoms with Gasteiger partial charge in [-0.15, -0.1) is 0 Å². The highest BCUT2D eigenvalue weighted by molar-refractivity contribution is 9.10. The quantitative estimate of drug-likeness (QED) is 0.508. The van der Waals surface area contributed by atoms with Gasteiger partial charge in [-0.1, -0.05) is 15.9 Å². The van der Waals surface area contributed by atoms with Gasteiger partial charge < -0.3 is 9.47 Å². The predicted octanol–water partition coefficient (Wildman–Crippen LogP) is 4.47. The number of carbonyl (C=O) groups is 1. The topological polar surface area (TPSA) is 35.5 Å². The number of rotatable bonds is 7. The molecule has 0 bridgehead atoms. The molecule has 0 aromatic carbocycles. The van der Waals surface area contributed by atoms with Crippen molar-refractivity contribution in [3.05, 3.63) is 0 Å². The Kier molecular flexibility index (Phi) is 7.04. The van der Waals surface area contributed by atoms with E-state index in [1.165, 1.54) is 0 Å². The monoisotopic (exact) mass is 336 g/mol. The normalized spacial score (nSPS) is 13.5. The van der Waals surface area contributed by atoms with Crippen LogP contribution in [0.25, 0.3) is 0 Å². The maximum atomic E-state index is 11.7. The van der Waals surface area contributed by atoms with Gasteiger partial charge in [-0.05, 0) is 61.3 Å². The highest BCUT2D eigenvalue weighted by Gasteiger charge is 2.23. The molecule has 0 heterocycles. The summed E-state index contributed by atoms with van der Waals surface area (Å²) in [5.41, 5.74) is -0.711. The third-order valence-electron chi connectivity index (χ3n) is 2.54. The largest absolute Gasteiger partial charge is 0.460 e. The predicted molar refractivity (Wildman–Crippen MR) is 82.7 cm³/mol. The van der Waals surface area contributed by atoms with Crippen LogP contribution in [0.5, 0.6) is 0 Å². The minimum Gasteiger partial charge on any atom is -0.460 e. The van der Waals surface area contributed by atoms with Gasteiger partial charge in [0.25, 0.3) is 0 Å². The van der Waals surface area contributed by atoms with Crippen LogP contribution in [0.1, 0.15) is 67.7 Å². The fraction of sp³-hybridized carbons (Fsp3) is 0.933. The summed E-state index contributed by atoms with van der Waals surface area (Å²) in [6.07, 6.45) is 2.00. The van der Waals surface area contributed by atoms with Crippen molar-refractivity contribution in [1.82, 2.24) is 0 Å². The van der Waals surface area contributed by atoms with E-state index in [0.717, 1.165) is 6.42 Å². The summed E-state index contributed by atoms with van der Waals surface area (Å²) in [4.78, 5) is 11.7. The second-order valence-corrected chi connectivity index (χ2v) is 9.31. The summed E-state index contributed by atoms with van der Waals surface area (Å²) < 4.78 is 11.2. The molecule has 0 spiro atoms. The summed E-state index contributed by atoms with van der Waals surface area (Å²) in [6.45, 7) is 14.6. The van der Waals surface area contributed by atoms with E-state index < -0.39 is 5.60 Å². The van der Waals surface area contributed by atoms with Crippen molar-refractivity contribution >= 4 is 21.9 Å². The summed E-state index contributed by atoms with van der Waals surface area (Å²) in [6, 6.07) is 0. The van der Waals surface area contributed by atoms with Gasteiger partial charge in [-0.2, -0.15) is 0 Å². The molecule has 19 heavy (non-hydrogen) atoms. The van der Waals surface area contributed by atoms with Gasteiger partial charge in [0.15, 0.2) is 0 Å². The zero-order valence-electron chi connectivity index (χ0n) is 13.4. The summed E-state index contributed by atoms with van der Waals surface area (Å²) in [5, 5.41) is 0. The Bertz CT molecular complexity index is 285. The van der Waals surface area contributed by atoms with Crippen LogP contribution in [0.15, 0.2) is 0 Å². The highest BCUT2D eigenvalue weighted by atomic mass is 79.9. The fourth-order valence-corrected chi connectivity index (χ4v) is 1.60. The van der Waals surface area contributed by atoms with E-state index in [-0.39, 0.29) is 15.9 Å². The third kappa shape index (κ3) is 12.7. The first-order chi connectivity index (χ1) is 8.31. The van der Waals surface area contributed by atoms with Crippen molar-refractivity contribution in [3.8, 4) is 0 Å². The molecule has 0 saturated carbocycles. The molecular weight excluding hydrogens is 308 g/mol.